The number of nitrogens with one attached hydrogen (secondary N) is 1. The number of ether oxygens (including phenoxy) is 1. The molecule has 0 spiro atoms. The molecule has 0 aliphatic heterocycles. The summed E-state index contributed by atoms with van der Waals surface area (Å²) in [6.07, 6.45) is -0.0226. The molecule has 0 aliphatic rings. The molecule has 1 aromatic carbocycles. The zero-order chi connectivity index (χ0) is 18.3. The number of esters is 1. The molecule has 0 bridgehead atoms. The third-order valence-electron chi connectivity index (χ3n) is 3.10. The van der Waals surface area contributed by atoms with Crippen LogP contribution in [0.1, 0.15) is 37.0 Å². The Balaban J connectivity index is 3.02. The fraction of sp³-hybridized carbons (Fsp3) is 0.375. The molecule has 1 aromatic rings. The minimum Gasteiger partial charge on any atom is -0.481 e. The van der Waals surface area contributed by atoms with Crippen LogP contribution in [0.5, 0.6) is 0 Å². The van der Waals surface area contributed by atoms with Gasteiger partial charge in [-0.05, 0) is 26.0 Å². The number of carboxylic acids is 2. The topological polar surface area (TPSA) is 130 Å². The normalized spacial score (nSPS) is 12.1. The molecule has 1 rings (SSSR count). The average Bonchev–Trinajstić information content (AvgIpc) is 2.45. The molecule has 0 heterocycles. The first-order chi connectivity index (χ1) is 11.2. The Hall–Kier alpha value is -2.90. The van der Waals surface area contributed by atoms with Gasteiger partial charge in [-0.3, -0.25) is 4.79 Å². The van der Waals surface area contributed by atoms with E-state index in [1.807, 2.05) is 0 Å². The summed E-state index contributed by atoms with van der Waals surface area (Å²) in [5.41, 5.74) is -0.828. The van der Waals surface area contributed by atoms with Gasteiger partial charge in [0.1, 0.15) is 17.9 Å². The summed E-state index contributed by atoms with van der Waals surface area (Å²) in [7, 11) is 0. The van der Waals surface area contributed by atoms with E-state index in [9.17, 15) is 19.2 Å². The molecule has 0 aromatic heterocycles. The van der Waals surface area contributed by atoms with Gasteiger partial charge in [0.25, 0.3) is 0 Å². The van der Waals surface area contributed by atoms with Gasteiger partial charge in [0.15, 0.2) is 0 Å². The van der Waals surface area contributed by atoms with Crippen LogP contribution in [-0.4, -0.2) is 46.1 Å². The van der Waals surface area contributed by atoms with E-state index in [1.54, 1.807) is 26.0 Å². The Morgan fingerprint density at radius 1 is 1.25 bits per heavy atom. The smallest absolute Gasteiger partial charge is 0.340 e. The summed E-state index contributed by atoms with van der Waals surface area (Å²) in [6.45, 7) is 3.14. The largest absolute Gasteiger partial charge is 0.481 e. The van der Waals surface area contributed by atoms with E-state index in [0.29, 0.717) is 6.29 Å². The van der Waals surface area contributed by atoms with Crippen molar-refractivity contribution < 1.29 is 34.1 Å². The van der Waals surface area contributed by atoms with E-state index in [2.05, 4.69) is 5.32 Å². The first kappa shape index (κ1) is 19.1. The lowest BCUT2D eigenvalue weighted by molar-refractivity contribution is -0.144. The average molecular weight is 337 g/mol. The molecule has 0 unspecified atom stereocenters. The number of anilines is 1. The Labute approximate surface area is 138 Å². The predicted octanol–water partition coefficient (Wildman–Crippen LogP) is 1.55. The van der Waals surface area contributed by atoms with Crippen molar-refractivity contribution in [3.05, 3.63) is 29.8 Å². The predicted molar refractivity (Wildman–Crippen MR) is 83.9 cm³/mol. The molecule has 0 saturated heterocycles. The molecule has 0 saturated carbocycles. The van der Waals surface area contributed by atoms with Gasteiger partial charge in [-0.15, -0.1) is 0 Å². The number of hydrogen-bond donors (Lipinski definition) is 3. The molecular formula is C16H19NO7. The molecule has 24 heavy (non-hydrogen) atoms. The lowest BCUT2D eigenvalue weighted by Gasteiger charge is -2.24. The van der Waals surface area contributed by atoms with Crippen molar-refractivity contribution in [3.63, 3.8) is 0 Å². The van der Waals surface area contributed by atoms with Gasteiger partial charge < -0.3 is 25.1 Å². The molecule has 0 amide bonds. The summed E-state index contributed by atoms with van der Waals surface area (Å²) >= 11 is 0. The van der Waals surface area contributed by atoms with Gasteiger partial charge in [-0.1, -0.05) is 12.1 Å². The summed E-state index contributed by atoms with van der Waals surface area (Å²) in [5.74, 6) is -3.40. The molecule has 0 radical (unpaired) electrons. The Bertz CT molecular complexity index is 639. The van der Waals surface area contributed by atoms with Crippen LogP contribution in [0.4, 0.5) is 5.69 Å². The highest BCUT2D eigenvalue weighted by atomic mass is 16.6. The number of para-hydroxylation sites is 1. The highest BCUT2D eigenvalue weighted by molar-refractivity contribution is 5.97. The second kappa shape index (κ2) is 8.09. The van der Waals surface area contributed by atoms with E-state index in [4.69, 9.17) is 14.9 Å². The number of aliphatic carboxylic acids is 2. The van der Waals surface area contributed by atoms with Crippen molar-refractivity contribution in [1.29, 1.82) is 0 Å². The van der Waals surface area contributed by atoms with Crippen LogP contribution in [0, 0.1) is 0 Å². The highest BCUT2D eigenvalue weighted by Gasteiger charge is 2.27. The quantitative estimate of drug-likeness (QED) is 0.457. The molecule has 3 N–H and O–H groups in total. The fourth-order valence-corrected chi connectivity index (χ4v) is 1.90. The first-order valence-electron chi connectivity index (χ1n) is 7.13. The second-order valence-corrected chi connectivity index (χ2v) is 5.70. The maximum atomic E-state index is 12.3. The second-order valence-electron chi connectivity index (χ2n) is 5.70. The summed E-state index contributed by atoms with van der Waals surface area (Å²) in [4.78, 5) is 44.8. The third kappa shape index (κ3) is 5.71. The van der Waals surface area contributed by atoms with Crippen LogP contribution < -0.4 is 5.32 Å². The van der Waals surface area contributed by atoms with E-state index < -0.39 is 36.0 Å². The lowest BCUT2D eigenvalue weighted by atomic mass is 10.1. The van der Waals surface area contributed by atoms with Gasteiger partial charge in [0.2, 0.25) is 0 Å². The number of aldehydes is 1. The van der Waals surface area contributed by atoms with Crippen molar-refractivity contribution in [2.75, 3.05) is 5.32 Å². The van der Waals surface area contributed by atoms with Gasteiger partial charge in [0, 0.05) is 12.1 Å². The Kier molecular flexibility index (Phi) is 6.46. The van der Waals surface area contributed by atoms with Crippen molar-refractivity contribution in [2.45, 2.75) is 38.3 Å². The van der Waals surface area contributed by atoms with Crippen LogP contribution in [-0.2, 0) is 19.1 Å². The number of carbonyl (C=O) groups is 4. The van der Waals surface area contributed by atoms with Crippen LogP contribution in [0.25, 0.3) is 0 Å². The van der Waals surface area contributed by atoms with Crippen LogP contribution in [0.15, 0.2) is 24.3 Å². The molecule has 1 atom stereocenters. The molecule has 8 heteroatoms. The SMILES string of the molecule is CC(C)(CC=O)OC(=O)c1ccccc1N[C@@H](CC(=O)O)C(=O)O. The van der Waals surface area contributed by atoms with E-state index in [1.165, 1.54) is 12.1 Å². The van der Waals surface area contributed by atoms with Gasteiger partial charge in [-0.25, -0.2) is 9.59 Å². The van der Waals surface area contributed by atoms with Crippen LogP contribution in [0.3, 0.4) is 0 Å². The first-order valence-corrected chi connectivity index (χ1v) is 7.13. The maximum absolute atomic E-state index is 12.3. The van der Waals surface area contributed by atoms with Crippen LogP contribution in [0.2, 0.25) is 0 Å². The van der Waals surface area contributed by atoms with E-state index in [0.717, 1.165) is 0 Å². The summed E-state index contributed by atoms with van der Waals surface area (Å²) in [5, 5.41) is 20.4. The maximum Gasteiger partial charge on any atom is 0.340 e. The van der Waals surface area contributed by atoms with Crippen molar-refractivity contribution in [3.8, 4) is 0 Å². The summed E-state index contributed by atoms with van der Waals surface area (Å²) in [6, 6.07) is 4.58. The van der Waals surface area contributed by atoms with Crippen molar-refractivity contribution >= 4 is 29.9 Å². The number of hydrogen-bond acceptors (Lipinski definition) is 6. The number of benzene rings is 1. The van der Waals surface area contributed by atoms with Crippen molar-refractivity contribution in [2.24, 2.45) is 0 Å². The minimum absolute atomic E-state index is 0.00506. The van der Waals surface area contributed by atoms with Gasteiger partial charge in [0.05, 0.1) is 12.0 Å². The van der Waals surface area contributed by atoms with E-state index >= 15 is 0 Å². The lowest BCUT2D eigenvalue weighted by Crippen LogP contribution is -2.33. The van der Waals surface area contributed by atoms with Gasteiger partial charge >= 0.3 is 17.9 Å². The fourth-order valence-electron chi connectivity index (χ4n) is 1.90. The molecule has 8 nitrogen and oxygen atoms in total. The minimum atomic E-state index is -1.40. The zero-order valence-electron chi connectivity index (χ0n) is 13.3. The summed E-state index contributed by atoms with van der Waals surface area (Å²) < 4.78 is 5.25. The van der Waals surface area contributed by atoms with E-state index in [-0.39, 0.29) is 17.7 Å². The number of carbonyl (C=O) groups excluding carboxylic acids is 2. The van der Waals surface area contributed by atoms with Crippen molar-refractivity contribution in [1.82, 2.24) is 0 Å². The Morgan fingerprint density at radius 2 is 1.88 bits per heavy atom. The highest BCUT2D eigenvalue weighted by Crippen LogP contribution is 2.22. The Morgan fingerprint density at radius 3 is 2.42 bits per heavy atom. The zero-order valence-corrected chi connectivity index (χ0v) is 13.3. The van der Waals surface area contributed by atoms with Gasteiger partial charge in [-0.2, -0.15) is 0 Å². The molecule has 0 fully saturated rings. The molecular weight excluding hydrogens is 318 g/mol. The standard InChI is InChI=1S/C16H19NO7/c1-16(2,7-8-18)24-15(23)10-5-3-4-6-11(10)17-12(14(21)22)9-13(19)20/h3-6,8,12,17H,7,9H2,1-2H3,(H,19,20)(H,21,22)/t12-/m0/s1. The third-order valence-corrected chi connectivity index (χ3v) is 3.10. The number of rotatable bonds is 9. The molecule has 130 valence electrons. The monoisotopic (exact) mass is 337 g/mol. The van der Waals surface area contributed by atoms with Crippen LogP contribution >= 0.6 is 0 Å². The molecule has 0 aliphatic carbocycles. The number of carboxylic acid groups (broad SMARTS) is 2.